The van der Waals surface area contributed by atoms with Crippen molar-refractivity contribution in [3.63, 3.8) is 0 Å². The molecule has 3 rings (SSSR count). The van der Waals surface area contributed by atoms with Gasteiger partial charge in [-0.3, -0.25) is 4.99 Å². The molecule has 1 aromatic heterocycles. The average molecular weight is 374 g/mol. The van der Waals surface area contributed by atoms with Crippen LogP contribution in [0.2, 0.25) is 0 Å². The minimum absolute atomic E-state index is 0.857. The van der Waals surface area contributed by atoms with Gasteiger partial charge in [0.1, 0.15) is 5.75 Å². The molecular formula is C19H27N5OS. The van der Waals surface area contributed by atoms with E-state index in [1.54, 1.807) is 18.4 Å². The highest BCUT2D eigenvalue weighted by Crippen LogP contribution is 2.22. The zero-order valence-corrected chi connectivity index (χ0v) is 16.6. The number of methoxy groups -OCH3 is 1. The Labute approximate surface area is 159 Å². The predicted octanol–water partition coefficient (Wildman–Crippen LogP) is 2.40. The van der Waals surface area contributed by atoms with Gasteiger partial charge in [0.15, 0.2) is 5.96 Å². The number of piperazine rings is 1. The number of rotatable bonds is 5. The summed E-state index contributed by atoms with van der Waals surface area (Å²) in [7, 11) is 3.56. The quantitative estimate of drug-likeness (QED) is 0.644. The SMILES string of the molecule is CN=C(NCCc1ncc(C)s1)N1CCN(c2cccc(OC)c2)CC1. The minimum atomic E-state index is 0.857. The number of benzene rings is 1. The second-order valence-electron chi connectivity index (χ2n) is 6.26. The first kappa shape index (κ1) is 18.5. The van der Waals surface area contributed by atoms with Crippen LogP contribution in [-0.4, -0.2) is 62.7 Å². The van der Waals surface area contributed by atoms with Crippen LogP contribution in [0.15, 0.2) is 35.5 Å². The Morgan fingerprint density at radius 1 is 1.31 bits per heavy atom. The van der Waals surface area contributed by atoms with Gasteiger partial charge in [-0.15, -0.1) is 11.3 Å². The standard InChI is InChI=1S/C19H27N5OS/c1-15-14-22-18(26-15)7-8-21-19(20-2)24-11-9-23(10-12-24)16-5-4-6-17(13-16)25-3/h4-6,13-14H,7-12H2,1-3H3,(H,20,21). The molecular weight excluding hydrogens is 346 g/mol. The van der Waals surface area contributed by atoms with Crippen molar-refractivity contribution in [2.45, 2.75) is 13.3 Å². The van der Waals surface area contributed by atoms with Crippen molar-refractivity contribution in [3.05, 3.63) is 40.3 Å². The Bertz CT molecular complexity index is 737. The summed E-state index contributed by atoms with van der Waals surface area (Å²) in [6.07, 6.45) is 2.87. The van der Waals surface area contributed by atoms with Gasteiger partial charge < -0.3 is 19.9 Å². The van der Waals surface area contributed by atoms with Crippen LogP contribution >= 0.6 is 11.3 Å². The molecule has 0 aliphatic carbocycles. The summed E-state index contributed by atoms with van der Waals surface area (Å²) in [5.74, 6) is 1.88. The fourth-order valence-electron chi connectivity index (χ4n) is 3.11. The van der Waals surface area contributed by atoms with Crippen molar-refractivity contribution in [3.8, 4) is 5.75 Å². The third kappa shape index (κ3) is 4.66. The number of anilines is 1. The lowest BCUT2D eigenvalue weighted by atomic mass is 10.2. The van der Waals surface area contributed by atoms with Crippen molar-refractivity contribution in [1.29, 1.82) is 0 Å². The Balaban J connectivity index is 1.49. The lowest BCUT2D eigenvalue weighted by Gasteiger charge is -2.37. The number of nitrogens with zero attached hydrogens (tertiary/aromatic N) is 4. The molecule has 1 saturated heterocycles. The van der Waals surface area contributed by atoms with Gasteiger partial charge in [-0.25, -0.2) is 4.98 Å². The largest absolute Gasteiger partial charge is 0.497 e. The van der Waals surface area contributed by atoms with Crippen LogP contribution in [0.3, 0.4) is 0 Å². The molecule has 0 saturated carbocycles. The number of aromatic nitrogens is 1. The van der Waals surface area contributed by atoms with Gasteiger partial charge in [-0.2, -0.15) is 0 Å². The number of hydrogen-bond donors (Lipinski definition) is 1. The number of thiazole rings is 1. The number of ether oxygens (including phenoxy) is 1. The number of nitrogens with one attached hydrogen (secondary N) is 1. The lowest BCUT2D eigenvalue weighted by molar-refractivity contribution is 0.372. The van der Waals surface area contributed by atoms with E-state index in [-0.39, 0.29) is 0 Å². The van der Waals surface area contributed by atoms with E-state index in [0.717, 1.165) is 50.9 Å². The van der Waals surface area contributed by atoms with Crippen LogP contribution in [0.1, 0.15) is 9.88 Å². The van der Waals surface area contributed by atoms with E-state index < -0.39 is 0 Å². The summed E-state index contributed by atoms with van der Waals surface area (Å²) in [6.45, 7) is 6.80. The van der Waals surface area contributed by atoms with Crippen LogP contribution in [-0.2, 0) is 6.42 Å². The molecule has 0 spiro atoms. The first-order valence-electron chi connectivity index (χ1n) is 8.95. The highest BCUT2D eigenvalue weighted by atomic mass is 32.1. The van der Waals surface area contributed by atoms with Gasteiger partial charge in [0.2, 0.25) is 0 Å². The van der Waals surface area contributed by atoms with Crippen molar-refractivity contribution < 1.29 is 4.74 Å². The van der Waals surface area contributed by atoms with Crippen molar-refractivity contribution in [1.82, 2.24) is 15.2 Å². The number of aryl methyl sites for hydroxylation is 1. The molecule has 1 aliphatic heterocycles. The number of guanidine groups is 1. The maximum atomic E-state index is 5.33. The molecule has 0 unspecified atom stereocenters. The number of aliphatic imine (C=N–C) groups is 1. The zero-order chi connectivity index (χ0) is 18.4. The third-order valence-corrected chi connectivity index (χ3v) is 5.47. The van der Waals surface area contributed by atoms with Crippen LogP contribution in [0.25, 0.3) is 0 Å². The van der Waals surface area contributed by atoms with Gasteiger partial charge in [-0.1, -0.05) is 6.07 Å². The predicted molar refractivity (Wildman–Crippen MR) is 109 cm³/mol. The second kappa shape index (κ2) is 8.89. The van der Waals surface area contributed by atoms with Gasteiger partial charge in [0, 0.05) is 69.0 Å². The molecule has 1 aromatic carbocycles. The maximum Gasteiger partial charge on any atom is 0.193 e. The summed E-state index contributed by atoms with van der Waals surface area (Å²) in [5.41, 5.74) is 1.21. The molecule has 0 atom stereocenters. The van der Waals surface area contributed by atoms with Gasteiger partial charge in [-0.05, 0) is 19.1 Å². The van der Waals surface area contributed by atoms with E-state index in [1.165, 1.54) is 15.6 Å². The molecule has 140 valence electrons. The van der Waals surface area contributed by atoms with E-state index in [0.29, 0.717) is 0 Å². The summed E-state index contributed by atoms with van der Waals surface area (Å²) in [4.78, 5) is 14.8. The highest BCUT2D eigenvalue weighted by molar-refractivity contribution is 7.11. The van der Waals surface area contributed by atoms with Gasteiger partial charge in [0.05, 0.1) is 12.1 Å². The fourth-order valence-corrected chi connectivity index (χ4v) is 3.90. The smallest absolute Gasteiger partial charge is 0.193 e. The monoisotopic (exact) mass is 373 g/mol. The molecule has 0 radical (unpaired) electrons. The molecule has 1 aliphatic rings. The van der Waals surface area contributed by atoms with E-state index in [2.05, 4.69) is 44.1 Å². The van der Waals surface area contributed by atoms with Crippen LogP contribution in [0.5, 0.6) is 5.75 Å². The molecule has 7 heteroatoms. The van der Waals surface area contributed by atoms with Crippen LogP contribution in [0, 0.1) is 6.92 Å². The Morgan fingerprint density at radius 3 is 2.77 bits per heavy atom. The Kier molecular flexibility index (Phi) is 6.33. The minimum Gasteiger partial charge on any atom is -0.497 e. The maximum absolute atomic E-state index is 5.33. The highest BCUT2D eigenvalue weighted by Gasteiger charge is 2.20. The van der Waals surface area contributed by atoms with Crippen molar-refractivity contribution in [2.75, 3.05) is 51.8 Å². The van der Waals surface area contributed by atoms with Crippen molar-refractivity contribution in [2.24, 2.45) is 4.99 Å². The van der Waals surface area contributed by atoms with E-state index in [9.17, 15) is 0 Å². The van der Waals surface area contributed by atoms with Crippen LogP contribution < -0.4 is 15.0 Å². The van der Waals surface area contributed by atoms with Crippen molar-refractivity contribution >= 4 is 23.0 Å². The molecule has 2 aromatic rings. The van der Waals surface area contributed by atoms with Gasteiger partial charge in [0.25, 0.3) is 0 Å². The topological polar surface area (TPSA) is 53.0 Å². The molecule has 1 N–H and O–H groups in total. The summed E-state index contributed by atoms with van der Waals surface area (Å²) < 4.78 is 5.33. The second-order valence-corrected chi connectivity index (χ2v) is 7.58. The van der Waals surface area contributed by atoms with Crippen LogP contribution in [0.4, 0.5) is 5.69 Å². The summed E-state index contributed by atoms with van der Waals surface area (Å²) in [5, 5.41) is 4.65. The fraction of sp³-hybridized carbons (Fsp3) is 0.474. The molecule has 0 bridgehead atoms. The molecule has 2 heterocycles. The zero-order valence-electron chi connectivity index (χ0n) is 15.7. The summed E-state index contributed by atoms with van der Waals surface area (Å²) in [6, 6.07) is 8.26. The molecule has 26 heavy (non-hydrogen) atoms. The van der Waals surface area contributed by atoms with E-state index >= 15 is 0 Å². The Hall–Kier alpha value is -2.28. The first-order chi connectivity index (χ1) is 12.7. The first-order valence-corrected chi connectivity index (χ1v) is 9.77. The lowest BCUT2D eigenvalue weighted by Crippen LogP contribution is -2.52. The molecule has 6 nitrogen and oxygen atoms in total. The summed E-state index contributed by atoms with van der Waals surface area (Å²) >= 11 is 1.76. The average Bonchev–Trinajstić information content (AvgIpc) is 3.10. The molecule has 1 fully saturated rings. The van der Waals surface area contributed by atoms with Gasteiger partial charge >= 0.3 is 0 Å². The third-order valence-electron chi connectivity index (χ3n) is 4.50. The molecule has 0 amide bonds. The number of hydrogen-bond acceptors (Lipinski definition) is 5. The normalized spacial score (nSPS) is 15.3. The van der Waals surface area contributed by atoms with E-state index in [1.807, 2.05) is 25.4 Å². The van der Waals surface area contributed by atoms with E-state index in [4.69, 9.17) is 4.74 Å². The Morgan fingerprint density at radius 2 is 2.12 bits per heavy atom.